The smallest absolute Gasteiger partial charge is 0.217 e. The van der Waals surface area contributed by atoms with E-state index in [4.69, 9.17) is 0 Å². The number of amides is 1. The number of hydrogen-bond acceptors (Lipinski definition) is 1. The Balaban J connectivity index is 1.90. The molecule has 1 amide bonds. The highest BCUT2D eigenvalue weighted by molar-refractivity contribution is 5.86. The van der Waals surface area contributed by atoms with Crippen molar-refractivity contribution in [2.75, 3.05) is 0 Å². The molecule has 3 aromatic carbocycles. The molecule has 0 spiro atoms. The van der Waals surface area contributed by atoms with Crippen molar-refractivity contribution >= 4 is 16.7 Å². The maximum Gasteiger partial charge on any atom is 0.217 e. The van der Waals surface area contributed by atoms with Gasteiger partial charge in [0.2, 0.25) is 5.91 Å². The van der Waals surface area contributed by atoms with Crippen molar-refractivity contribution in [2.24, 2.45) is 0 Å². The van der Waals surface area contributed by atoms with Gasteiger partial charge in [0.1, 0.15) is 0 Å². The molecule has 2 nitrogen and oxygen atoms in total. The number of hydrogen-bond donors (Lipinski definition) is 1. The third-order valence-corrected chi connectivity index (χ3v) is 4.14. The number of fused-ring (bicyclic) bond motifs is 1. The molecule has 1 unspecified atom stereocenters. The predicted molar refractivity (Wildman–Crippen MR) is 95.3 cm³/mol. The van der Waals surface area contributed by atoms with Gasteiger partial charge in [-0.05, 0) is 34.7 Å². The molecule has 1 N–H and O–H groups in total. The highest BCUT2D eigenvalue weighted by Gasteiger charge is 2.15. The second-order valence-corrected chi connectivity index (χ2v) is 5.85. The monoisotopic (exact) mass is 303 g/mol. The largest absolute Gasteiger partial charge is 0.350 e. The van der Waals surface area contributed by atoms with Crippen molar-refractivity contribution in [2.45, 2.75) is 25.8 Å². The zero-order valence-electron chi connectivity index (χ0n) is 13.3. The Labute approximate surface area is 137 Å². The summed E-state index contributed by atoms with van der Waals surface area (Å²) in [5.74, 6) is 0.0102. The van der Waals surface area contributed by atoms with Crippen LogP contribution in [0.15, 0.2) is 72.8 Å². The Bertz CT molecular complexity index is 790. The van der Waals surface area contributed by atoms with Crippen LogP contribution in [0.3, 0.4) is 0 Å². The van der Waals surface area contributed by atoms with Gasteiger partial charge in [-0.15, -0.1) is 0 Å². The molecule has 23 heavy (non-hydrogen) atoms. The number of carbonyl (C=O) groups excluding carboxylic acids is 1. The van der Waals surface area contributed by atoms with Crippen LogP contribution in [-0.4, -0.2) is 5.91 Å². The summed E-state index contributed by atoms with van der Waals surface area (Å²) in [7, 11) is 0. The maximum atomic E-state index is 11.7. The summed E-state index contributed by atoms with van der Waals surface area (Å²) >= 11 is 0. The van der Waals surface area contributed by atoms with E-state index in [-0.39, 0.29) is 11.9 Å². The third-order valence-electron chi connectivity index (χ3n) is 4.14. The zero-order valence-corrected chi connectivity index (χ0v) is 13.3. The van der Waals surface area contributed by atoms with Gasteiger partial charge in [0.15, 0.2) is 0 Å². The van der Waals surface area contributed by atoms with Crippen LogP contribution in [0.1, 0.15) is 30.5 Å². The lowest BCUT2D eigenvalue weighted by atomic mass is 9.94. The summed E-state index contributed by atoms with van der Waals surface area (Å²) in [6.07, 6.45) is 1.83. The van der Waals surface area contributed by atoms with Crippen molar-refractivity contribution < 1.29 is 4.79 Å². The summed E-state index contributed by atoms with van der Waals surface area (Å²) in [6, 6.07) is 25.1. The maximum absolute atomic E-state index is 11.7. The van der Waals surface area contributed by atoms with Crippen LogP contribution in [0.2, 0.25) is 0 Å². The minimum Gasteiger partial charge on any atom is -0.350 e. The van der Waals surface area contributed by atoms with E-state index in [1.165, 1.54) is 21.9 Å². The highest BCUT2D eigenvalue weighted by Crippen LogP contribution is 2.27. The SMILES string of the molecule is CC(=O)NC(CCc1ccccc1)c1cccc2ccccc12. The van der Waals surface area contributed by atoms with Gasteiger partial charge < -0.3 is 5.32 Å². The minimum atomic E-state index is 0.0102. The second kappa shape index (κ2) is 7.10. The van der Waals surface area contributed by atoms with Crippen LogP contribution < -0.4 is 5.32 Å². The quantitative estimate of drug-likeness (QED) is 0.730. The van der Waals surface area contributed by atoms with E-state index in [0.29, 0.717) is 0 Å². The van der Waals surface area contributed by atoms with E-state index < -0.39 is 0 Å². The first-order valence-electron chi connectivity index (χ1n) is 8.03. The molecule has 0 saturated heterocycles. The Morgan fingerprint density at radius 1 is 0.913 bits per heavy atom. The lowest BCUT2D eigenvalue weighted by molar-refractivity contribution is -0.119. The molecule has 0 aliphatic carbocycles. The van der Waals surface area contributed by atoms with Gasteiger partial charge in [0.25, 0.3) is 0 Å². The standard InChI is InChI=1S/C21H21NO/c1-16(23)22-21(15-14-17-8-3-2-4-9-17)20-13-7-11-18-10-5-6-12-19(18)20/h2-13,21H,14-15H2,1H3,(H,22,23). The van der Waals surface area contributed by atoms with Crippen LogP contribution in [-0.2, 0) is 11.2 Å². The Morgan fingerprint density at radius 2 is 1.61 bits per heavy atom. The average molecular weight is 303 g/mol. The fraction of sp³-hybridized carbons (Fsp3) is 0.190. The summed E-state index contributed by atoms with van der Waals surface area (Å²) in [4.78, 5) is 11.7. The third kappa shape index (κ3) is 3.78. The molecule has 116 valence electrons. The van der Waals surface area contributed by atoms with Gasteiger partial charge in [-0.25, -0.2) is 0 Å². The second-order valence-electron chi connectivity index (χ2n) is 5.85. The lowest BCUT2D eigenvalue weighted by Crippen LogP contribution is -2.26. The molecular weight excluding hydrogens is 282 g/mol. The summed E-state index contributed by atoms with van der Waals surface area (Å²) in [5, 5.41) is 5.54. The summed E-state index contributed by atoms with van der Waals surface area (Å²) in [5.41, 5.74) is 2.48. The number of aryl methyl sites for hydroxylation is 1. The van der Waals surface area contributed by atoms with Crippen molar-refractivity contribution in [1.29, 1.82) is 0 Å². The van der Waals surface area contributed by atoms with E-state index in [2.05, 4.69) is 59.9 Å². The van der Waals surface area contributed by atoms with E-state index in [1.54, 1.807) is 6.92 Å². The van der Waals surface area contributed by atoms with Gasteiger partial charge in [0, 0.05) is 6.92 Å². The predicted octanol–water partition coefficient (Wildman–Crippen LogP) is 4.65. The van der Waals surface area contributed by atoms with Crippen molar-refractivity contribution in [1.82, 2.24) is 5.32 Å². The van der Waals surface area contributed by atoms with E-state index in [1.807, 2.05) is 18.2 Å². The Hall–Kier alpha value is -2.61. The Kier molecular flexibility index (Phi) is 4.72. The fourth-order valence-electron chi connectivity index (χ4n) is 3.06. The fourth-order valence-corrected chi connectivity index (χ4v) is 3.06. The molecule has 3 rings (SSSR count). The molecule has 0 fully saturated rings. The molecule has 0 saturated carbocycles. The van der Waals surface area contributed by atoms with Crippen LogP contribution in [0.25, 0.3) is 10.8 Å². The number of nitrogens with one attached hydrogen (secondary N) is 1. The van der Waals surface area contributed by atoms with E-state index in [9.17, 15) is 4.79 Å². The van der Waals surface area contributed by atoms with Gasteiger partial charge >= 0.3 is 0 Å². The van der Waals surface area contributed by atoms with Crippen LogP contribution in [0.4, 0.5) is 0 Å². The molecular formula is C21H21NO. The molecule has 0 heterocycles. The first-order valence-corrected chi connectivity index (χ1v) is 8.03. The van der Waals surface area contributed by atoms with E-state index >= 15 is 0 Å². The average Bonchev–Trinajstić information content (AvgIpc) is 2.59. The van der Waals surface area contributed by atoms with Gasteiger partial charge in [0.05, 0.1) is 6.04 Å². The minimum absolute atomic E-state index is 0.0102. The lowest BCUT2D eigenvalue weighted by Gasteiger charge is -2.20. The topological polar surface area (TPSA) is 29.1 Å². The molecule has 0 radical (unpaired) electrons. The van der Waals surface area contributed by atoms with Gasteiger partial charge in [-0.1, -0.05) is 72.8 Å². The first-order chi connectivity index (χ1) is 11.2. The molecule has 0 aromatic heterocycles. The van der Waals surface area contributed by atoms with Crippen molar-refractivity contribution in [3.05, 3.63) is 83.9 Å². The molecule has 0 aliphatic rings. The highest BCUT2D eigenvalue weighted by atomic mass is 16.1. The van der Waals surface area contributed by atoms with Gasteiger partial charge in [-0.2, -0.15) is 0 Å². The van der Waals surface area contributed by atoms with Crippen LogP contribution >= 0.6 is 0 Å². The normalized spacial score (nSPS) is 12.0. The number of carbonyl (C=O) groups is 1. The molecule has 3 aromatic rings. The molecule has 0 aliphatic heterocycles. The number of rotatable bonds is 5. The zero-order chi connectivity index (χ0) is 16.1. The molecule has 2 heteroatoms. The Morgan fingerprint density at radius 3 is 2.39 bits per heavy atom. The van der Waals surface area contributed by atoms with Crippen LogP contribution in [0.5, 0.6) is 0 Å². The van der Waals surface area contributed by atoms with Crippen molar-refractivity contribution in [3.63, 3.8) is 0 Å². The van der Waals surface area contributed by atoms with E-state index in [0.717, 1.165) is 12.8 Å². The first kappa shape index (κ1) is 15.3. The van der Waals surface area contributed by atoms with Crippen molar-refractivity contribution in [3.8, 4) is 0 Å². The summed E-state index contributed by atoms with van der Waals surface area (Å²) < 4.78 is 0. The number of benzene rings is 3. The van der Waals surface area contributed by atoms with Crippen LogP contribution in [0, 0.1) is 0 Å². The van der Waals surface area contributed by atoms with Gasteiger partial charge in [-0.3, -0.25) is 4.79 Å². The molecule has 0 bridgehead atoms. The molecule has 1 atom stereocenters. The summed E-state index contributed by atoms with van der Waals surface area (Å²) in [6.45, 7) is 1.58.